The van der Waals surface area contributed by atoms with E-state index in [0.29, 0.717) is 23.6 Å². The van der Waals surface area contributed by atoms with E-state index >= 15 is 0 Å². The van der Waals surface area contributed by atoms with Gasteiger partial charge in [-0.05, 0) is 36.6 Å². The van der Waals surface area contributed by atoms with Crippen LogP contribution in [0, 0.1) is 0 Å². The summed E-state index contributed by atoms with van der Waals surface area (Å²) in [5, 5.41) is 8.35. The van der Waals surface area contributed by atoms with Crippen molar-refractivity contribution in [2.45, 2.75) is 44.1 Å². The maximum Gasteiger partial charge on any atom is 0.416 e. The lowest BCUT2D eigenvalue weighted by molar-refractivity contribution is -0.137. The lowest BCUT2D eigenvalue weighted by atomic mass is 9.84. The maximum atomic E-state index is 12.9. The van der Waals surface area contributed by atoms with Gasteiger partial charge in [-0.2, -0.15) is 18.3 Å². The zero-order valence-corrected chi connectivity index (χ0v) is 19.0. The van der Waals surface area contributed by atoms with Crippen molar-refractivity contribution in [3.05, 3.63) is 70.5 Å². The largest absolute Gasteiger partial charge is 0.416 e. The van der Waals surface area contributed by atoms with Crippen LogP contribution in [0.15, 0.2) is 48.5 Å². The molecule has 2 aliphatic rings. The van der Waals surface area contributed by atoms with E-state index in [1.165, 1.54) is 12.1 Å². The molecule has 1 aromatic heterocycles. The molecule has 3 aromatic rings. The van der Waals surface area contributed by atoms with Crippen LogP contribution in [0.25, 0.3) is 11.4 Å². The molecule has 1 N–H and O–H groups in total. The third-order valence-electron chi connectivity index (χ3n) is 6.58. The second-order valence-electron chi connectivity index (χ2n) is 8.96. The number of hydrogen-bond acceptors (Lipinski definition) is 4. The quantitative estimate of drug-likeness (QED) is 0.595. The van der Waals surface area contributed by atoms with Crippen LogP contribution < -0.4 is 5.32 Å². The number of nitrogens with zero attached hydrogens (tertiary/aromatic N) is 4. The number of halogens is 4. The second kappa shape index (κ2) is 8.70. The molecular weight excluding hydrogens is 467 g/mol. The van der Waals surface area contributed by atoms with Crippen LogP contribution in [-0.2, 0) is 30.5 Å². The molecule has 0 bridgehead atoms. The Labute approximate surface area is 199 Å². The first-order valence-corrected chi connectivity index (χ1v) is 11.5. The van der Waals surface area contributed by atoms with Gasteiger partial charge in [-0.25, -0.2) is 9.67 Å². The van der Waals surface area contributed by atoms with E-state index in [0.717, 1.165) is 55.2 Å². The third-order valence-corrected chi connectivity index (χ3v) is 6.95. The van der Waals surface area contributed by atoms with E-state index in [1.54, 1.807) is 4.68 Å². The van der Waals surface area contributed by atoms with Gasteiger partial charge in [0.05, 0.1) is 5.56 Å². The Morgan fingerprint density at radius 3 is 2.44 bits per heavy atom. The highest BCUT2D eigenvalue weighted by molar-refractivity contribution is 6.31. The summed E-state index contributed by atoms with van der Waals surface area (Å²) >= 11 is 6.31. The number of carbonyl (C=O) groups excluding carboxylic acids is 1. The number of alkyl halides is 3. The predicted octanol–water partition coefficient (Wildman–Crippen LogP) is 4.32. The first-order chi connectivity index (χ1) is 16.2. The van der Waals surface area contributed by atoms with Gasteiger partial charge in [-0.3, -0.25) is 9.69 Å². The first kappa shape index (κ1) is 22.9. The number of hydrogen-bond donors (Lipinski definition) is 1. The molecule has 34 heavy (non-hydrogen) atoms. The Hall–Kier alpha value is -2.91. The zero-order chi connectivity index (χ0) is 23.9. The smallest absolute Gasteiger partial charge is 0.349 e. The summed E-state index contributed by atoms with van der Waals surface area (Å²) in [4.78, 5) is 19.6. The number of aromatic nitrogens is 3. The van der Waals surface area contributed by atoms with Crippen molar-refractivity contribution in [1.82, 2.24) is 25.0 Å². The highest BCUT2D eigenvalue weighted by Gasteiger charge is 2.40. The van der Waals surface area contributed by atoms with Crippen molar-refractivity contribution < 1.29 is 18.0 Å². The number of benzene rings is 2. The molecule has 0 unspecified atom stereocenters. The predicted molar refractivity (Wildman–Crippen MR) is 121 cm³/mol. The van der Waals surface area contributed by atoms with Crippen molar-refractivity contribution in [2.24, 2.45) is 0 Å². The Bertz CT molecular complexity index is 1200. The number of fused-ring (bicyclic) bond motifs is 1. The molecule has 0 aliphatic carbocycles. The number of amides is 1. The van der Waals surface area contributed by atoms with Crippen LogP contribution in [0.3, 0.4) is 0 Å². The molecule has 2 aromatic carbocycles. The van der Waals surface area contributed by atoms with Gasteiger partial charge in [-0.15, -0.1) is 0 Å². The van der Waals surface area contributed by atoms with Crippen LogP contribution in [0.2, 0.25) is 5.02 Å². The van der Waals surface area contributed by atoms with Gasteiger partial charge in [0.1, 0.15) is 12.4 Å². The van der Waals surface area contributed by atoms with Gasteiger partial charge >= 0.3 is 6.18 Å². The monoisotopic (exact) mass is 489 g/mol. The minimum atomic E-state index is -4.40. The van der Waals surface area contributed by atoms with Crippen LogP contribution in [0.1, 0.15) is 29.8 Å². The third kappa shape index (κ3) is 4.67. The van der Waals surface area contributed by atoms with Crippen molar-refractivity contribution in [1.29, 1.82) is 0 Å². The molecular formula is C24H23ClF3N5O. The van der Waals surface area contributed by atoms with Gasteiger partial charge in [0, 0.05) is 42.2 Å². The molecule has 6 nitrogen and oxygen atoms in total. The minimum absolute atomic E-state index is 0.0358. The molecule has 1 amide bonds. The van der Waals surface area contributed by atoms with Gasteiger partial charge in [-0.1, -0.05) is 41.9 Å². The molecule has 1 fully saturated rings. The molecule has 178 valence electrons. The van der Waals surface area contributed by atoms with Crippen LogP contribution in [0.4, 0.5) is 13.2 Å². The molecule has 0 radical (unpaired) electrons. The zero-order valence-electron chi connectivity index (χ0n) is 18.3. The summed E-state index contributed by atoms with van der Waals surface area (Å²) < 4.78 is 40.2. The Morgan fingerprint density at radius 2 is 1.76 bits per heavy atom. The fourth-order valence-electron chi connectivity index (χ4n) is 4.69. The van der Waals surface area contributed by atoms with Gasteiger partial charge in [0.25, 0.3) is 0 Å². The van der Waals surface area contributed by atoms with Crippen molar-refractivity contribution in [2.75, 3.05) is 13.1 Å². The van der Waals surface area contributed by atoms with E-state index in [4.69, 9.17) is 11.6 Å². The van der Waals surface area contributed by atoms with E-state index in [-0.39, 0.29) is 12.5 Å². The minimum Gasteiger partial charge on any atom is -0.349 e. The molecule has 10 heteroatoms. The standard InChI is InChI=1S/C24H23ClF3N5O/c25-19-4-2-1-3-17(19)14-32-11-9-23(10-12-32)13-20-29-22(31-33(20)15-21(34)30-23)16-5-7-18(8-6-16)24(26,27)28/h1-8H,9-15H2,(H,30,34). The van der Waals surface area contributed by atoms with Gasteiger partial charge in [0.15, 0.2) is 5.82 Å². The Morgan fingerprint density at radius 1 is 1.06 bits per heavy atom. The molecule has 1 spiro atoms. The topological polar surface area (TPSA) is 63.1 Å². The van der Waals surface area contributed by atoms with E-state index in [1.807, 2.05) is 24.3 Å². The van der Waals surface area contributed by atoms with Crippen LogP contribution in [-0.4, -0.2) is 44.2 Å². The van der Waals surface area contributed by atoms with E-state index in [2.05, 4.69) is 20.3 Å². The molecule has 5 rings (SSSR count). The number of likely N-dealkylation sites (tertiary alicyclic amines) is 1. The van der Waals surface area contributed by atoms with E-state index < -0.39 is 17.3 Å². The Kier molecular flexibility index (Phi) is 5.85. The lowest BCUT2D eigenvalue weighted by Gasteiger charge is -2.41. The summed E-state index contributed by atoms with van der Waals surface area (Å²) in [6.07, 6.45) is -2.37. The number of rotatable bonds is 3. The van der Waals surface area contributed by atoms with E-state index in [9.17, 15) is 18.0 Å². The molecule has 0 atom stereocenters. The highest BCUT2D eigenvalue weighted by Crippen LogP contribution is 2.32. The summed E-state index contributed by atoms with van der Waals surface area (Å²) in [6.45, 7) is 2.38. The average Bonchev–Trinajstić information content (AvgIpc) is 3.12. The second-order valence-corrected chi connectivity index (χ2v) is 9.36. The van der Waals surface area contributed by atoms with Crippen molar-refractivity contribution in [3.63, 3.8) is 0 Å². The van der Waals surface area contributed by atoms with Crippen molar-refractivity contribution >= 4 is 17.5 Å². The normalized spacial score (nSPS) is 18.4. The van der Waals surface area contributed by atoms with Gasteiger partial charge in [0.2, 0.25) is 5.91 Å². The number of carbonyl (C=O) groups is 1. The first-order valence-electron chi connectivity index (χ1n) is 11.1. The fourth-order valence-corrected chi connectivity index (χ4v) is 4.88. The summed E-state index contributed by atoms with van der Waals surface area (Å²) in [7, 11) is 0. The number of piperidine rings is 1. The molecule has 2 aliphatic heterocycles. The van der Waals surface area contributed by atoms with Crippen LogP contribution in [0.5, 0.6) is 0 Å². The van der Waals surface area contributed by atoms with Crippen LogP contribution >= 0.6 is 11.6 Å². The average molecular weight is 490 g/mol. The fraction of sp³-hybridized carbons (Fsp3) is 0.375. The van der Waals surface area contributed by atoms with Crippen molar-refractivity contribution in [3.8, 4) is 11.4 Å². The summed E-state index contributed by atoms with van der Waals surface area (Å²) in [5.41, 5.74) is 0.412. The molecule has 1 saturated heterocycles. The molecule has 0 saturated carbocycles. The molecule has 3 heterocycles. The lowest BCUT2D eigenvalue weighted by Crippen LogP contribution is -2.56. The summed E-state index contributed by atoms with van der Waals surface area (Å²) in [5.74, 6) is 0.847. The maximum absolute atomic E-state index is 12.9. The highest BCUT2D eigenvalue weighted by atomic mass is 35.5. The summed E-state index contributed by atoms with van der Waals surface area (Å²) in [6, 6.07) is 12.5. The number of nitrogens with one attached hydrogen (secondary N) is 1. The SMILES string of the molecule is O=C1Cn2nc(-c3ccc(C(F)(F)F)cc3)nc2CC2(CCN(Cc3ccccc3Cl)CC2)N1. The Balaban J connectivity index is 1.32. The van der Waals surface area contributed by atoms with Gasteiger partial charge < -0.3 is 5.32 Å².